The maximum Gasteiger partial charge on any atom is 0.260 e. The minimum absolute atomic E-state index is 0.195. The Morgan fingerprint density at radius 1 is 1.08 bits per heavy atom. The SMILES string of the molecule is COc1ccc(-c2nnc3sc(-c4ccccc4Cl)cc(=O)n23)cc1. The summed E-state index contributed by atoms with van der Waals surface area (Å²) >= 11 is 7.61. The highest BCUT2D eigenvalue weighted by Gasteiger charge is 2.14. The Balaban J connectivity index is 1.87. The van der Waals surface area contributed by atoms with E-state index in [1.165, 1.54) is 15.7 Å². The molecule has 25 heavy (non-hydrogen) atoms. The van der Waals surface area contributed by atoms with E-state index < -0.39 is 0 Å². The molecule has 0 saturated carbocycles. The zero-order chi connectivity index (χ0) is 17.4. The molecule has 0 amide bonds. The lowest BCUT2D eigenvalue weighted by Crippen LogP contribution is -2.11. The van der Waals surface area contributed by atoms with Gasteiger partial charge in [-0.05, 0) is 30.3 Å². The van der Waals surface area contributed by atoms with Crippen molar-refractivity contribution in [3.05, 3.63) is 70.0 Å². The Kier molecular flexibility index (Phi) is 3.99. The molecule has 5 nitrogen and oxygen atoms in total. The molecule has 124 valence electrons. The van der Waals surface area contributed by atoms with E-state index in [-0.39, 0.29) is 5.56 Å². The van der Waals surface area contributed by atoms with E-state index in [1.54, 1.807) is 19.2 Å². The van der Waals surface area contributed by atoms with Crippen LogP contribution in [0.15, 0.2) is 59.4 Å². The predicted octanol–water partition coefficient (Wildman–Crippen LogP) is 4.15. The Bertz CT molecular complexity index is 1120. The number of aromatic nitrogens is 3. The fraction of sp³-hybridized carbons (Fsp3) is 0.0556. The minimum Gasteiger partial charge on any atom is -0.497 e. The maximum atomic E-state index is 12.7. The summed E-state index contributed by atoms with van der Waals surface area (Å²) < 4.78 is 6.67. The van der Waals surface area contributed by atoms with Crippen LogP contribution in [0.5, 0.6) is 5.75 Å². The molecule has 0 spiro atoms. The fourth-order valence-electron chi connectivity index (χ4n) is 2.56. The minimum atomic E-state index is -0.195. The summed E-state index contributed by atoms with van der Waals surface area (Å²) in [5, 5.41) is 8.95. The first-order chi connectivity index (χ1) is 12.2. The van der Waals surface area contributed by atoms with E-state index in [1.807, 2.05) is 42.5 Å². The number of nitrogens with zero attached hydrogens (tertiary/aromatic N) is 3. The second-order valence-electron chi connectivity index (χ2n) is 5.30. The van der Waals surface area contributed by atoms with E-state index in [0.717, 1.165) is 21.8 Å². The Morgan fingerprint density at radius 2 is 1.84 bits per heavy atom. The first-order valence-electron chi connectivity index (χ1n) is 7.46. The fourth-order valence-corrected chi connectivity index (χ4v) is 3.85. The maximum absolute atomic E-state index is 12.7. The number of hydrogen-bond donors (Lipinski definition) is 0. The van der Waals surface area contributed by atoms with Crippen LogP contribution in [-0.2, 0) is 0 Å². The number of methoxy groups -OCH3 is 1. The van der Waals surface area contributed by atoms with Crippen LogP contribution in [0.4, 0.5) is 0 Å². The molecule has 0 aliphatic carbocycles. The molecule has 2 aromatic heterocycles. The summed E-state index contributed by atoms with van der Waals surface area (Å²) in [6.45, 7) is 0. The Morgan fingerprint density at radius 3 is 2.56 bits per heavy atom. The standard InChI is InChI=1S/C18H12ClN3O2S/c1-24-12-8-6-11(7-9-12)17-20-21-18-22(17)16(23)10-15(25-18)13-4-2-3-5-14(13)19/h2-10H,1H3. The molecule has 0 saturated heterocycles. The van der Waals surface area contributed by atoms with Crippen LogP contribution < -0.4 is 10.3 Å². The van der Waals surface area contributed by atoms with Gasteiger partial charge in [0.1, 0.15) is 5.75 Å². The highest BCUT2D eigenvalue weighted by atomic mass is 35.5. The van der Waals surface area contributed by atoms with Gasteiger partial charge in [-0.1, -0.05) is 41.1 Å². The van der Waals surface area contributed by atoms with Gasteiger partial charge in [0.25, 0.3) is 5.56 Å². The summed E-state index contributed by atoms with van der Waals surface area (Å²) in [6.07, 6.45) is 0. The summed E-state index contributed by atoms with van der Waals surface area (Å²) in [4.78, 5) is 14.0. The highest BCUT2D eigenvalue weighted by Crippen LogP contribution is 2.31. The van der Waals surface area contributed by atoms with E-state index in [4.69, 9.17) is 16.3 Å². The van der Waals surface area contributed by atoms with Gasteiger partial charge in [-0.2, -0.15) is 0 Å². The second kappa shape index (κ2) is 6.31. The summed E-state index contributed by atoms with van der Waals surface area (Å²) in [5.41, 5.74) is 1.41. The average Bonchev–Trinajstić information content (AvgIpc) is 3.07. The van der Waals surface area contributed by atoms with Crippen molar-refractivity contribution in [3.63, 3.8) is 0 Å². The normalized spacial score (nSPS) is 11.0. The molecule has 0 radical (unpaired) electrons. The molecule has 0 fully saturated rings. The topological polar surface area (TPSA) is 56.5 Å². The average molecular weight is 370 g/mol. The lowest BCUT2D eigenvalue weighted by molar-refractivity contribution is 0.415. The number of fused-ring (bicyclic) bond motifs is 1. The van der Waals surface area contributed by atoms with Crippen molar-refractivity contribution < 1.29 is 4.74 Å². The van der Waals surface area contributed by atoms with Crippen LogP contribution in [0.1, 0.15) is 0 Å². The van der Waals surface area contributed by atoms with Crippen molar-refractivity contribution in [2.24, 2.45) is 0 Å². The molecule has 0 N–H and O–H groups in total. The van der Waals surface area contributed by atoms with Crippen molar-refractivity contribution in [3.8, 4) is 27.6 Å². The monoisotopic (exact) mass is 369 g/mol. The summed E-state index contributed by atoms with van der Waals surface area (Å²) in [5.74, 6) is 1.24. The largest absolute Gasteiger partial charge is 0.497 e. The molecule has 0 bridgehead atoms. The summed E-state index contributed by atoms with van der Waals surface area (Å²) in [7, 11) is 1.61. The number of ether oxygens (including phenoxy) is 1. The zero-order valence-electron chi connectivity index (χ0n) is 13.1. The third kappa shape index (κ3) is 2.79. The van der Waals surface area contributed by atoms with Gasteiger partial charge in [0.05, 0.1) is 7.11 Å². The van der Waals surface area contributed by atoms with Crippen molar-refractivity contribution >= 4 is 27.9 Å². The van der Waals surface area contributed by atoms with Crippen LogP contribution in [0.3, 0.4) is 0 Å². The van der Waals surface area contributed by atoms with Crippen molar-refractivity contribution in [2.45, 2.75) is 0 Å². The third-order valence-electron chi connectivity index (χ3n) is 3.80. The van der Waals surface area contributed by atoms with Gasteiger partial charge in [-0.25, -0.2) is 4.40 Å². The first-order valence-corrected chi connectivity index (χ1v) is 8.65. The van der Waals surface area contributed by atoms with Crippen LogP contribution in [0, 0.1) is 0 Å². The van der Waals surface area contributed by atoms with Crippen molar-refractivity contribution in [2.75, 3.05) is 7.11 Å². The second-order valence-corrected chi connectivity index (χ2v) is 6.72. The van der Waals surface area contributed by atoms with Gasteiger partial charge in [0.15, 0.2) is 5.82 Å². The van der Waals surface area contributed by atoms with E-state index >= 15 is 0 Å². The molecular weight excluding hydrogens is 358 g/mol. The molecule has 4 aromatic rings. The number of hydrogen-bond acceptors (Lipinski definition) is 5. The van der Waals surface area contributed by atoms with Gasteiger partial charge in [-0.15, -0.1) is 10.2 Å². The van der Waals surface area contributed by atoms with E-state index in [9.17, 15) is 4.79 Å². The lowest BCUT2D eigenvalue weighted by atomic mass is 10.2. The molecule has 2 aromatic carbocycles. The molecule has 2 heterocycles. The van der Waals surface area contributed by atoms with Crippen molar-refractivity contribution in [1.29, 1.82) is 0 Å². The third-order valence-corrected chi connectivity index (χ3v) is 5.13. The van der Waals surface area contributed by atoms with Crippen LogP contribution in [-0.4, -0.2) is 21.7 Å². The van der Waals surface area contributed by atoms with E-state index in [2.05, 4.69) is 10.2 Å². The van der Waals surface area contributed by atoms with Gasteiger partial charge in [-0.3, -0.25) is 4.79 Å². The molecule has 0 aliphatic rings. The van der Waals surface area contributed by atoms with Gasteiger partial charge in [0, 0.05) is 27.1 Å². The molecule has 0 unspecified atom stereocenters. The number of halogens is 1. The van der Waals surface area contributed by atoms with Crippen LogP contribution >= 0.6 is 22.9 Å². The molecule has 4 rings (SSSR count). The molecule has 0 atom stereocenters. The number of benzene rings is 2. The molecule has 7 heteroatoms. The van der Waals surface area contributed by atoms with Gasteiger partial charge in [0.2, 0.25) is 4.96 Å². The highest BCUT2D eigenvalue weighted by molar-refractivity contribution is 7.20. The zero-order valence-corrected chi connectivity index (χ0v) is 14.7. The first kappa shape index (κ1) is 15.8. The van der Waals surface area contributed by atoms with E-state index in [0.29, 0.717) is 15.8 Å². The summed E-state index contributed by atoms with van der Waals surface area (Å²) in [6, 6.07) is 16.3. The van der Waals surface area contributed by atoms with Gasteiger partial charge >= 0.3 is 0 Å². The van der Waals surface area contributed by atoms with Crippen LogP contribution in [0.25, 0.3) is 26.8 Å². The van der Waals surface area contributed by atoms with Crippen molar-refractivity contribution in [1.82, 2.24) is 14.6 Å². The Labute approximate surface area is 152 Å². The number of rotatable bonds is 3. The van der Waals surface area contributed by atoms with Gasteiger partial charge < -0.3 is 4.74 Å². The smallest absolute Gasteiger partial charge is 0.260 e. The quantitative estimate of drug-likeness (QED) is 0.544. The predicted molar refractivity (Wildman–Crippen MR) is 99.6 cm³/mol. The molecule has 0 aliphatic heterocycles. The lowest BCUT2D eigenvalue weighted by Gasteiger charge is -2.04. The Hall–Kier alpha value is -2.70. The van der Waals surface area contributed by atoms with Crippen LogP contribution in [0.2, 0.25) is 5.02 Å². The molecular formula is C18H12ClN3O2S.